The van der Waals surface area contributed by atoms with E-state index in [4.69, 9.17) is 4.52 Å². The van der Waals surface area contributed by atoms with Gasteiger partial charge in [0.25, 0.3) is 0 Å². The third-order valence-corrected chi connectivity index (χ3v) is 5.56. The van der Waals surface area contributed by atoms with Crippen LogP contribution in [0.1, 0.15) is 55.0 Å². The highest BCUT2D eigenvalue weighted by Gasteiger charge is 2.23. The van der Waals surface area contributed by atoms with Crippen molar-refractivity contribution in [2.24, 2.45) is 0 Å². The van der Waals surface area contributed by atoms with Crippen LogP contribution in [-0.2, 0) is 6.54 Å². The molecule has 26 heavy (non-hydrogen) atoms. The van der Waals surface area contributed by atoms with E-state index in [1.807, 2.05) is 12.1 Å². The van der Waals surface area contributed by atoms with Crippen molar-refractivity contribution in [3.63, 3.8) is 0 Å². The standard InChI is InChI=1S/C20H25N5O/c21-14-17-7-4-8-22-20(17)25-11-9-24(10-12-25)15-18-13-19(23-26-18)16-5-2-1-3-6-16/h4,7-8,13,16H,1-3,5-6,9-12,15H2. The number of aromatic nitrogens is 2. The van der Waals surface area contributed by atoms with E-state index < -0.39 is 0 Å². The summed E-state index contributed by atoms with van der Waals surface area (Å²) in [4.78, 5) is 8.98. The molecule has 6 heteroatoms. The molecule has 136 valence electrons. The minimum Gasteiger partial charge on any atom is -0.360 e. The SMILES string of the molecule is N#Cc1cccnc1N1CCN(Cc2cc(C3CCCCC3)no2)CC1. The molecule has 0 spiro atoms. The zero-order chi connectivity index (χ0) is 17.8. The molecule has 0 unspecified atom stereocenters. The first-order chi connectivity index (χ1) is 12.8. The Morgan fingerprint density at radius 1 is 1.15 bits per heavy atom. The molecule has 0 N–H and O–H groups in total. The molecule has 2 aromatic heterocycles. The highest BCUT2D eigenvalue weighted by molar-refractivity contribution is 5.53. The minimum atomic E-state index is 0.589. The van der Waals surface area contributed by atoms with Crippen molar-refractivity contribution in [2.45, 2.75) is 44.6 Å². The molecule has 1 aliphatic carbocycles. The number of nitrogens with zero attached hydrogens (tertiary/aromatic N) is 5. The summed E-state index contributed by atoms with van der Waals surface area (Å²) in [6, 6.07) is 8.04. The fraction of sp³-hybridized carbons (Fsp3) is 0.550. The van der Waals surface area contributed by atoms with Crippen LogP contribution in [0, 0.1) is 11.3 Å². The van der Waals surface area contributed by atoms with Crippen molar-refractivity contribution in [2.75, 3.05) is 31.1 Å². The van der Waals surface area contributed by atoms with Crippen molar-refractivity contribution < 1.29 is 4.52 Å². The summed E-state index contributed by atoms with van der Waals surface area (Å²) in [5, 5.41) is 13.6. The largest absolute Gasteiger partial charge is 0.360 e. The van der Waals surface area contributed by atoms with Crippen molar-refractivity contribution in [3.05, 3.63) is 41.4 Å². The maximum absolute atomic E-state index is 9.26. The first kappa shape index (κ1) is 17.0. The van der Waals surface area contributed by atoms with Gasteiger partial charge < -0.3 is 9.42 Å². The minimum absolute atomic E-state index is 0.589. The Hall–Kier alpha value is -2.39. The molecule has 1 saturated carbocycles. The molecule has 0 atom stereocenters. The van der Waals surface area contributed by atoms with Crippen LogP contribution in [-0.4, -0.2) is 41.2 Å². The smallest absolute Gasteiger partial charge is 0.150 e. The Labute approximate surface area is 154 Å². The zero-order valence-corrected chi connectivity index (χ0v) is 15.1. The van der Waals surface area contributed by atoms with Gasteiger partial charge in [0, 0.05) is 44.4 Å². The van der Waals surface area contributed by atoms with Gasteiger partial charge in [-0.15, -0.1) is 0 Å². The first-order valence-electron chi connectivity index (χ1n) is 9.61. The van der Waals surface area contributed by atoms with Crippen LogP contribution in [0.3, 0.4) is 0 Å². The van der Waals surface area contributed by atoms with E-state index in [0.717, 1.165) is 50.0 Å². The predicted octanol–water partition coefficient (Wildman–Crippen LogP) is 3.31. The van der Waals surface area contributed by atoms with E-state index in [0.29, 0.717) is 11.5 Å². The second-order valence-electron chi connectivity index (χ2n) is 7.30. The van der Waals surface area contributed by atoms with Crippen LogP contribution in [0.5, 0.6) is 0 Å². The Bertz CT molecular complexity index is 767. The summed E-state index contributed by atoms with van der Waals surface area (Å²) in [5.74, 6) is 2.36. The average molecular weight is 351 g/mol. The van der Waals surface area contributed by atoms with Crippen LogP contribution in [0.2, 0.25) is 0 Å². The maximum Gasteiger partial charge on any atom is 0.150 e. The molecule has 6 nitrogen and oxygen atoms in total. The molecular formula is C20H25N5O. The number of pyridine rings is 1. The summed E-state index contributed by atoms with van der Waals surface area (Å²) in [5.41, 5.74) is 1.79. The molecule has 0 aromatic carbocycles. The number of rotatable bonds is 4. The molecule has 0 bridgehead atoms. The van der Waals surface area contributed by atoms with Crippen LogP contribution in [0.25, 0.3) is 0 Å². The van der Waals surface area contributed by atoms with Gasteiger partial charge in [-0.05, 0) is 25.0 Å². The normalized spacial score (nSPS) is 19.4. The van der Waals surface area contributed by atoms with E-state index in [2.05, 4.69) is 32.1 Å². The van der Waals surface area contributed by atoms with E-state index in [1.165, 1.54) is 32.1 Å². The fourth-order valence-electron chi connectivity index (χ4n) is 4.07. The van der Waals surface area contributed by atoms with Crippen molar-refractivity contribution in [3.8, 4) is 6.07 Å². The van der Waals surface area contributed by atoms with Crippen LogP contribution < -0.4 is 4.90 Å². The van der Waals surface area contributed by atoms with Gasteiger partial charge in [-0.2, -0.15) is 5.26 Å². The molecule has 3 heterocycles. The van der Waals surface area contributed by atoms with Crippen LogP contribution in [0.4, 0.5) is 5.82 Å². The van der Waals surface area contributed by atoms with Gasteiger partial charge in [0.1, 0.15) is 11.9 Å². The van der Waals surface area contributed by atoms with Gasteiger partial charge >= 0.3 is 0 Å². The summed E-state index contributed by atoms with van der Waals surface area (Å²) in [6.45, 7) is 4.41. The summed E-state index contributed by atoms with van der Waals surface area (Å²) >= 11 is 0. The lowest BCUT2D eigenvalue weighted by Crippen LogP contribution is -2.46. The van der Waals surface area contributed by atoms with Crippen LogP contribution in [0.15, 0.2) is 28.9 Å². The van der Waals surface area contributed by atoms with Gasteiger partial charge in [-0.25, -0.2) is 4.98 Å². The second kappa shape index (κ2) is 7.88. The summed E-state index contributed by atoms with van der Waals surface area (Å²) in [7, 11) is 0. The number of piperazine rings is 1. The molecule has 4 rings (SSSR count). The van der Waals surface area contributed by atoms with E-state index in [-0.39, 0.29) is 0 Å². The highest BCUT2D eigenvalue weighted by Crippen LogP contribution is 2.32. The monoisotopic (exact) mass is 351 g/mol. The number of nitriles is 1. The van der Waals surface area contributed by atoms with Gasteiger partial charge in [-0.3, -0.25) is 4.90 Å². The molecule has 2 aromatic rings. The summed E-state index contributed by atoms with van der Waals surface area (Å²) in [6.07, 6.45) is 8.23. The third-order valence-electron chi connectivity index (χ3n) is 5.56. The number of hydrogen-bond acceptors (Lipinski definition) is 6. The van der Waals surface area contributed by atoms with Crippen molar-refractivity contribution in [1.82, 2.24) is 15.0 Å². The predicted molar refractivity (Wildman–Crippen MR) is 98.8 cm³/mol. The summed E-state index contributed by atoms with van der Waals surface area (Å²) < 4.78 is 5.61. The lowest BCUT2D eigenvalue weighted by Gasteiger charge is -2.35. The molecule has 2 fully saturated rings. The second-order valence-corrected chi connectivity index (χ2v) is 7.30. The van der Waals surface area contributed by atoms with Gasteiger partial charge in [0.05, 0.1) is 17.8 Å². The molecule has 0 amide bonds. The zero-order valence-electron chi connectivity index (χ0n) is 15.1. The van der Waals surface area contributed by atoms with E-state index in [1.54, 1.807) is 6.20 Å². The maximum atomic E-state index is 9.26. The van der Waals surface area contributed by atoms with E-state index in [9.17, 15) is 5.26 Å². The number of hydrogen-bond donors (Lipinski definition) is 0. The quantitative estimate of drug-likeness (QED) is 0.842. The van der Waals surface area contributed by atoms with Gasteiger partial charge in [0.15, 0.2) is 5.76 Å². The Morgan fingerprint density at radius 3 is 2.73 bits per heavy atom. The third kappa shape index (κ3) is 3.73. The van der Waals surface area contributed by atoms with Gasteiger partial charge in [0.2, 0.25) is 0 Å². The van der Waals surface area contributed by atoms with Crippen molar-refractivity contribution >= 4 is 5.82 Å². The molecule has 1 saturated heterocycles. The topological polar surface area (TPSA) is 69.2 Å². The average Bonchev–Trinajstić information content (AvgIpc) is 3.18. The molecular weight excluding hydrogens is 326 g/mol. The molecule has 0 radical (unpaired) electrons. The molecule has 1 aliphatic heterocycles. The van der Waals surface area contributed by atoms with Crippen LogP contribution >= 0.6 is 0 Å². The Balaban J connectivity index is 1.33. The van der Waals surface area contributed by atoms with Gasteiger partial charge in [-0.1, -0.05) is 24.4 Å². The Morgan fingerprint density at radius 2 is 1.96 bits per heavy atom. The lowest BCUT2D eigenvalue weighted by molar-refractivity contribution is 0.218. The lowest BCUT2D eigenvalue weighted by atomic mass is 9.87. The fourth-order valence-corrected chi connectivity index (χ4v) is 4.07. The Kier molecular flexibility index (Phi) is 5.16. The first-order valence-corrected chi connectivity index (χ1v) is 9.61. The van der Waals surface area contributed by atoms with E-state index >= 15 is 0 Å². The molecule has 2 aliphatic rings. The highest BCUT2D eigenvalue weighted by atomic mass is 16.5. The van der Waals surface area contributed by atoms with Crippen molar-refractivity contribution in [1.29, 1.82) is 5.26 Å². The number of anilines is 1.